The Hall–Kier alpha value is -2.98. The third-order valence-corrected chi connectivity index (χ3v) is 4.70. The maximum atomic E-state index is 13.1. The molecule has 0 aliphatic heterocycles. The van der Waals surface area contributed by atoms with Crippen molar-refractivity contribution in [2.24, 2.45) is 0 Å². The van der Waals surface area contributed by atoms with Crippen LogP contribution in [0, 0.1) is 0 Å². The van der Waals surface area contributed by atoms with E-state index in [9.17, 15) is 9.59 Å². The van der Waals surface area contributed by atoms with Crippen molar-refractivity contribution in [1.29, 1.82) is 0 Å². The van der Waals surface area contributed by atoms with Crippen LogP contribution in [0.4, 0.5) is 0 Å². The van der Waals surface area contributed by atoms with E-state index in [1.807, 2.05) is 30.3 Å². The summed E-state index contributed by atoms with van der Waals surface area (Å²) in [5.74, 6) is -0.0573. The Morgan fingerprint density at radius 2 is 1.46 bits per heavy atom. The highest BCUT2D eigenvalue weighted by Gasteiger charge is 2.23. The fourth-order valence-corrected chi connectivity index (χ4v) is 3.15. The molecule has 1 aromatic heterocycles. The zero-order chi connectivity index (χ0) is 18.1. The number of carbonyl (C=O) groups is 1. The van der Waals surface area contributed by atoms with Crippen molar-refractivity contribution < 1.29 is 9.21 Å². The molecule has 0 atom stereocenters. The molecule has 3 aromatic carbocycles. The van der Waals surface area contributed by atoms with Crippen molar-refractivity contribution in [2.75, 3.05) is 0 Å². The highest BCUT2D eigenvalue weighted by Crippen LogP contribution is 2.27. The minimum Gasteiger partial charge on any atom is -0.455 e. The van der Waals surface area contributed by atoms with Gasteiger partial charge in [-0.25, -0.2) is 0 Å². The zero-order valence-electron chi connectivity index (χ0n) is 13.6. The van der Waals surface area contributed by atoms with Gasteiger partial charge in [-0.15, -0.1) is 0 Å². The number of carbonyl (C=O) groups excluding carboxylic acids is 1. The molecule has 1 heterocycles. The third kappa shape index (κ3) is 2.89. The summed E-state index contributed by atoms with van der Waals surface area (Å²) >= 11 is 3.36. The molecule has 0 saturated carbocycles. The van der Waals surface area contributed by atoms with Gasteiger partial charge in [0.1, 0.15) is 16.9 Å². The lowest BCUT2D eigenvalue weighted by Gasteiger charge is -2.10. The lowest BCUT2D eigenvalue weighted by Crippen LogP contribution is -2.18. The van der Waals surface area contributed by atoms with Gasteiger partial charge in [-0.1, -0.05) is 58.4 Å². The topological polar surface area (TPSA) is 47.3 Å². The minimum absolute atomic E-state index is 0.0530. The molecule has 0 radical (unpaired) electrons. The summed E-state index contributed by atoms with van der Waals surface area (Å²) in [5, 5.41) is 0.396. The van der Waals surface area contributed by atoms with Crippen molar-refractivity contribution in [1.82, 2.24) is 0 Å². The minimum atomic E-state index is -0.351. The maximum absolute atomic E-state index is 13.1. The van der Waals surface area contributed by atoms with Crippen LogP contribution in [-0.2, 0) is 0 Å². The first-order valence-electron chi connectivity index (χ1n) is 8.06. The summed E-state index contributed by atoms with van der Waals surface area (Å²) in [6.07, 6.45) is 0. The summed E-state index contributed by atoms with van der Waals surface area (Å²) in [6, 6.07) is 23.1. The van der Waals surface area contributed by atoms with Gasteiger partial charge >= 0.3 is 0 Å². The monoisotopic (exact) mass is 404 g/mol. The molecule has 0 saturated heterocycles. The number of ketones is 1. The standard InChI is InChI=1S/C22H13BrO3/c23-16-12-10-14(11-13-16)20(24)19-21(25)17-8-4-5-9-18(17)26-22(19)15-6-2-1-3-7-15/h1-13H. The second kappa shape index (κ2) is 6.73. The zero-order valence-corrected chi connectivity index (χ0v) is 15.2. The Bertz CT molecular complexity index is 1160. The quantitative estimate of drug-likeness (QED) is 0.426. The summed E-state index contributed by atoms with van der Waals surface area (Å²) in [5.41, 5.74) is 1.32. The maximum Gasteiger partial charge on any atom is 0.204 e. The second-order valence-electron chi connectivity index (χ2n) is 5.83. The summed E-state index contributed by atoms with van der Waals surface area (Å²) in [4.78, 5) is 26.3. The first kappa shape index (κ1) is 16.5. The Morgan fingerprint density at radius 3 is 2.19 bits per heavy atom. The third-order valence-electron chi connectivity index (χ3n) is 4.17. The van der Waals surface area contributed by atoms with Crippen LogP contribution in [0.5, 0.6) is 0 Å². The Morgan fingerprint density at radius 1 is 0.808 bits per heavy atom. The molecular formula is C22H13BrO3. The SMILES string of the molecule is O=C(c1ccc(Br)cc1)c1c(-c2ccccc2)oc2ccccc2c1=O. The van der Waals surface area contributed by atoms with E-state index >= 15 is 0 Å². The molecule has 4 heteroatoms. The molecule has 0 fully saturated rings. The molecule has 0 amide bonds. The molecule has 0 aliphatic rings. The summed E-state index contributed by atoms with van der Waals surface area (Å²) < 4.78 is 6.86. The van der Waals surface area contributed by atoms with Gasteiger partial charge < -0.3 is 4.42 Å². The predicted molar refractivity (Wildman–Crippen MR) is 105 cm³/mol. The molecule has 4 rings (SSSR count). The van der Waals surface area contributed by atoms with E-state index in [1.165, 1.54) is 0 Å². The van der Waals surface area contributed by atoms with Crippen LogP contribution in [-0.4, -0.2) is 5.78 Å². The normalized spacial score (nSPS) is 10.8. The fraction of sp³-hybridized carbons (Fsp3) is 0. The number of halogens is 1. The fourth-order valence-electron chi connectivity index (χ4n) is 2.89. The van der Waals surface area contributed by atoms with Crippen LogP contribution in [0.1, 0.15) is 15.9 Å². The number of rotatable bonds is 3. The number of fused-ring (bicyclic) bond motifs is 1. The smallest absolute Gasteiger partial charge is 0.204 e. The first-order chi connectivity index (χ1) is 12.6. The molecule has 3 nitrogen and oxygen atoms in total. The highest BCUT2D eigenvalue weighted by atomic mass is 79.9. The molecule has 4 aromatic rings. The van der Waals surface area contributed by atoms with E-state index in [0.717, 1.165) is 4.47 Å². The van der Waals surface area contributed by atoms with Crippen LogP contribution in [0.3, 0.4) is 0 Å². The molecular weight excluding hydrogens is 392 g/mol. The summed E-state index contributed by atoms with van der Waals surface area (Å²) in [6.45, 7) is 0. The van der Waals surface area contributed by atoms with Gasteiger partial charge in [-0.05, 0) is 36.4 Å². The van der Waals surface area contributed by atoms with Crippen LogP contribution in [0.25, 0.3) is 22.3 Å². The molecule has 0 N–H and O–H groups in total. The molecule has 0 unspecified atom stereocenters. The largest absolute Gasteiger partial charge is 0.455 e. The van der Waals surface area contributed by atoms with Gasteiger partial charge in [0.25, 0.3) is 0 Å². The summed E-state index contributed by atoms with van der Waals surface area (Å²) in [7, 11) is 0. The lowest BCUT2D eigenvalue weighted by molar-refractivity contribution is 0.103. The van der Waals surface area contributed by atoms with Crippen LogP contribution < -0.4 is 5.43 Å². The van der Waals surface area contributed by atoms with Crippen LogP contribution >= 0.6 is 15.9 Å². The Balaban J connectivity index is 2.03. The van der Waals surface area contributed by atoms with E-state index in [4.69, 9.17) is 4.42 Å². The van der Waals surface area contributed by atoms with Gasteiger partial charge in [-0.2, -0.15) is 0 Å². The number of hydrogen-bond donors (Lipinski definition) is 0. The molecule has 126 valence electrons. The van der Waals surface area contributed by atoms with Crippen LogP contribution in [0.2, 0.25) is 0 Å². The molecule has 26 heavy (non-hydrogen) atoms. The average molecular weight is 405 g/mol. The van der Waals surface area contributed by atoms with Crippen molar-refractivity contribution >= 4 is 32.7 Å². The predicted octanol–water partition coefficient (Wildman–Crippen LogP) is 5.45. The highest BCUT2D eigenvalue weighted by molar-refractivity contribution is 9.10. The van der Waals surface area contributed by atoms with E-state index in [0.29, 0.717) is 27.9 Å². The first-order valence-corrected chi connectivity index (χ1v) is 8.86. The number of benzene rings is 3. The molecule has 0 spiro atoms. The van der Waals surface area contributed by atoms with E-state index in [2.05, 4.69) is 15.9 Å². The number of hydrogen-bond acceptors (Lipinski definition) is 3. The van der Waals surface area contributed by atoms with Gasteiger partial charge in [0.05, 0.1) is 5.39 Å². The average Bonchev–Trinajstić information content (AvgIpc) is 2.69. The Labute approximate surface area is 158 Å². The Kier molecular flexibility index (Phi) is 4.27. The molecule has 0 aliphatic carbocycles. The van der Waals surface area contributed by atoms with Gasteiger partial charge in [-0.3, -0.25) is 9.59 Å². The van der Waals surface area contributed by atoms with Crippen molar-refractivity contribution in [3.63, 3.8) is 0 Å². The van der Waals surface area contributed by atoms with Crippen LogP contribution in [0.15, 0.2) is 92.5 Å². The molecule has 0 bridgehead atoms. The van der Waals surface area contributed by atoms with E-state index < -0.39 is 0 Å². The van der Waals surface area contributed by atoms with Gasteiger partial charge in [0.2, 0.25) is 11.2 Å². The van der Waals surface area contributed by atoms with E-state index in [1.54, 1.807) is 48.5 Å². The second-order valence-corrected chi connectivity index (χ2v) is 6.75. The van der Waals surface area contributed by atoms with Crippen molar-refractivity contribution in [3.8, 4) is 11.3 Å². The lowest BCUT2D eigenvalue weighted by atomic mass is 9.97. The number of para-hydroxylation sites is 1. The van der Waals surface area contributed by atoms with Crippen molar-refractivity contribution in [3.05, 3.63) is 105 Å². The van der Waals surface area contributed by atoms with Gasteiger partial charge in [0.15, 0.2) is 0 Å². The van der Waals surface area contributed by atoms with Crippen molar-refractivity contribution in [2.45, 2.75) is 0 Å². The van der Waals surface area contributed by atoms with E-state index in [-0.39, 0.29) is 16.8 Å². The van der Waals surface area contributed by atoms with Gasteiger partial charge in [0, 0.05) is 15.6 Å².